The number of nitrogens with two attached hydrogens (primary N) is 1. The van der Waals surface area contributed by atoms with E-state index in [0.717, 1.165) is 51.4 Å². The molecule has 0 fully saturated rings. The Kier molecular flexibility index (Phi) is 37.7. The summed E-state index contributed by atoms with van der Waals surface area (Å²) in [6.07, 6.45) is 45.4. The minimum absolute atomic E-state index is 0.0414. The molecule has 0 radical (unpaired) electrons. The van der Waals surface area contributed by atoms with Gasteiger partial charge in [-0.25, -0.2) is 4.57 Å². The Morgan fingerprint density at radius 2 is 1.00 bits per heavy atom. The minimum atomic E-state index is -4.39. The Balaban J connectivity index is 4.31. The van der Waals surface area contributed by atoms with Crippen LogP contribution in [-0.2, 0) is 32.7 Å². The first-order chi connectivity index (χ1) is 25.8. The van der Waals surface area contributed by atoms with E-state index in [-0.39, 0.29) is 32.6 Å². The average molecular weight is 766 g/mol. The van der Waals surface area contributed by atoms with Gasteiger partial charge in [-0.1, -0.05) is 139 Å². The zero-order valence-corrected chi connectivity index (χ0v) is 34.4. The van der Waals surface area contributed by atoms with Crippen LogP contribution >= 0.6 is 7.82 Å². The molecular weight excluding hydrogens is 689 g/mol. The lowest BCUT2D eigenvalue weighted by atomic mass is 10.1. The van der Waals surface area contributed by atoms with E-state index in [1.54, 1.807) is 0 Å². The third-order valence-corrected chi connectivity index (χ3v) is 9.36. The normalized spacial score (nSPS) is 14.0. The van der Waals surface area contributed by atoms with Crippen LogP contribution in [0.25, 0.3) is 0 Å². The molecule has 2 atom stereocenters. The topological polar surface area (TPSA) is 134 Å². The van der Waals surface area contributed by atoms with Crippen molar-refractivity contribution in [1.29, 1.82) is 0 Å². The lowest BCUT2D eigenvalue weighted by molar-refractivity contribution is -0.161. The molecule has 0 aliphatic carbocycles. The number of allylic oxidation sites excluding steroid dienone is 10. The molecule has 9 nitrogen and oxygen atoms in total. The van der Waals surface area contributed by atoms with Gasteiger partial charge in [0.2, 0.25) is 0 Å². The van der Waals surface area contributed by atoms with Gasteiger partial charge in [-0.15, -0.1) is 0 Å². The van der Waals surface area contributed by atoms with Gasteiger partial charge in [0, 0.05) is 19.4 Å². The number of esters is 2. The summed E-state index contributed by atoms with van der Waals surface area (Å²) in [6.45, 7) is 3.61. The van der Waals surface area contributed by atoms with Crippen LogP contribution in [-0.4, -0.2) is 49.3 Å². The Hall–Kier alpha value is -2.29. The van der Waals surface area contributed by atoms with Gasteiger partial charge in [0.25, 0.3) is 0 Å². The van der Waals surface area contributed by atoms with Crippen molar-refractivity contribution in [3.63, 3.8) is 0 Å². The third kappa shape index (κ3) is 39.2. The summed E-state index contributed by atoms with van der Waals surface area (Å²) in [5, 5.41) is 0. The Labute approximate surface area is 323 Å². The summed E-state index contributed by atoms with van der Waals surface area (Å²) < 4.78 is 32.7. The number of hydrogen-bond donors (Lipinski definition) is 2. The SMILES string of the molecule is CCCCC/C=C/C/C=C/C/C=C/C/C=C/CCCC(=O)O[C@H](COC(=O)CCCCCCC/C=C/CCCCCCCC)COP(=O)(O)OCCN. The molecule has 306 valence electrons. The second-order valence-corrected chi connectivity index (χ2v) is 14.9. The maximum atomic E-state index is 12.5. The Bertz CT molecular complexity index is 1050. The predicted molar refractivity (Wildman–Crippen MR) is 219 cm³/mol. The minimum Gasteiger partial charge on any atom is -0.462 e. The van der Waals surface area contributed by atoms with Crippen molar-refractivity contribution < 1.29 is 37.6 Å². The average Bonchev–Trinajstić information content (AvgIpc) is 3.14. The first-order valence-electron chi connectivity index (χ1n) is 20.8. The molecule has 0 spiro atoms. The number of phosphoric ester groups is 1. The second kappa shape index (κ2) is 39.4. The largest absolute Gasteiger partial charge is 0.472 e. The van der Waals surface area contributed by atoms with Crippen LogP contribution in [0.3, 0.4) is 0 Å². The first-order valence-corrected chi connectivity index (χ1v) is 22.3. The highest BCUT2D eigenvalue weighted by atomic mass is 31.2. The Morgan fingerprint density at radius 3 is 1.57 bits per heavy atom. The van der Waals surface area contributed by atoms with Gasteiger partial charge < -0.3 is 20.1 Å². The summed E-state index contributed by atoms with van der Waals surface area (Å²) in [6, 6.07) is 0. The second-order valence-electron chi connectivity index (χ2n) is 13.5. The van der Waals surface area contributed by atoms with E-state index in [0.29, 0.717) is 19.3 Å². The molecule has 0 heterocycles. The van der Waals surface area contributed by atoms with Crippen LogP contribution in [0.5, 0.6) is 0 Å². The molecule has 1 unspecified atom stereocenters. The van der Waals surface area contributed by atoms with Gasteiger partial charge in [-0.2, -0.15) is 0 Å². The fourth-order valence-electron chi connectivity index (χ4n) is 5.27. The zero-order valence-electron chi connectivity index (χ0n) is 33.5. The molecule has 0 aliphatic rings. The van der Waals surface area contributed by atoms with E-state index in [4.69, 9.17) is 24.3 Å². The van der Waals surface area contributed by atoms with Crippen molar-refractivity contribution in [2.45, 2.75) is 174 Å². The van der Waals surface area contributed by atoms with E-state index in [9.17, 15) is 19.0 Å². The Morgan fingerprint density at radius 1 is 0.566 bits per heavy atom. The highest BCUT2D eigenvalue weighted by Crippen LogP contribution is 2.43. The van der Waals surface area contributed by atoms with E-state index in [1.807, 2.05) is 6.08 Å². The molecule has 3 N–H and O–H groups in total. The van der Waals surface area contributed by atoms with Gasteiger partial charge >= 0.3 is 19.8 Å². The molecule has 53 heavy (non-hydrogen) atoms. The summed E-state index contributed by atoms with van der Waals surface area (Å²) in [5.74, 6) is -0.908. The van der Waals surface area contributed by atoms with Crippen LogP contribution < -0.4 is 5.73 Å². The van der Waals surface area contributed by atoms with Crippen LogP contribution in [0.15, 0.2) is 60.8 Å². The number of carbonyl (C=O) groups is 2. The van der Waals surface area contributed by atoms with Crippen molar-refractivity contribution >= 4 is 19.8 Å². The van der Waals surface area contributed by atoms with Gasteiger partial charge in [-0.05, 0) is 77.0 Å². The first kappa shape index (κ1) is 50.7. The van der Waals surface area contributed by atoms with E-state index < -0.39 is 32.5 Å². The van der Waals surface area contributed by atoms with Crippen LogP contribution in [0.4, 0.5) is 0 Å². The van der Waals surface area contributed by atoms with E-state index in [1.165, 1.54) is 70.6 Å². The number of rotatable bonds is 38. The smallest absolute Gasteiger partial charge is 0.462 e. The number of carbonyl (C=O) groups excluding carboxylic acids is 2. The van der Waals surface area contributed by atoms with Crippen molar-refractivity contribution in [3.8, 4) is 0 Å². The quantitative estimate of drug-likeness (QED) is 0.0272. The molecule has 0 saturated heterocycles. The summed E-state index contributed by atoms with van der Waals surface area (Å²) in [5.41, 5.74) is 5.34. The molecule has 0 aromatic heterocycles. The van der Waals surface area contributed by atoms with Gasteiger partial charge in [0.1, 0.15) is 6.61 Å². The molecule has 0 aromatic carbocycles. The lowest BCUT2D eigenvalue weighted by Crippen LogP contribution is -2.29. The molecule has 0 bridgehead atoms. The molecular formula is C43H76NO8P. The van der Waals surface area contributed by atoms with E-state index >= 15 is 0 Å². The van der Waals surface area contributed by atoms with E-state index in [2.05, 4.69) is 68.5 Å². The fraction of sp³-hybridized carbons (Fsp3) is 0.721. The number of unbranched alkanes of at least 4 members (excludes halogenated alkanes) is 15. The number of phosphoric acid groups is 1. The predicted octanol–water partition coefficient (Wildman–Crippen LogP) is 11.7. The molecule has 0 saturated carbocycles. The summed E-state index contributed by atoms with van der Waals surface area (Å²) >= 11 is 0. The molecule has 0 aliphatic heterocycles. The molecule has 0 aromatic rings. The van der Waals surface area contributed by atoms with Crippen molar-refractivity contribution in [2.24, 2.45) is 5.73 Å². The molecule has 10 heteroatoms. The van der Waals surface area contributed by atoms with Gasteiger partial charge in [0.15, 0.2) is 6.10 Å². The van der Waals surface area contributed by atoms with Crippen LogP contribution in [0.2, 0.25) is 0 Å². The number of ether oxygens (including phenoxy) is 2. The van der Waals surface area contributed by atoms with Crippen molar-refractivity contribution in [2.75, 3.05) is 26.4 Å². The van der Waals surface area contributed by atoms with Gasteiger partial charge in [-0.3, -0.25) is 18.6 Å². The van der Waals surface area contributed by atoms with Crippen molar-refractivity contribution in [3.05, 3.63) is 60.8 Å². The highest BCUT2D eigenvalue weighted by molar-refractivity contribution is 7.47. The van der Waals surface area contributed by atoms with Crippen LogP contribution in [0, 0.1) is 0 Å². The summed E-state index contributed by atoms with van der Waals surface area (Å²) in [4.78, 5) is 34.8. The van der Waals surface area contributed by atoms with Gasteiger partial charge in [0.05, 0.1) is 13.2 Å². The maximum Gasteiger partial charge on any atom is 0.472 e. The zero-order chi connectivity index (χ0) is 38.9. The summed E-state index contributed by atoms with van der Waals surface area (Å²) in [7, 11) is -4.39. The maximum absolute atomic E-state index is 12.5. The monoisotopic (exact) mass is 766 g/mol. The molecule has 0 amide bonds. The third-order valence-electron chi connectivity index (χ3n) is 8.38. The highest BCUT2D eigenvalue weighted by Gasteiger charge is 2.25. The molecule has 0 rings (SSSR count). The number of hydrogen-bond acceptors (Lipinski definition) is 8. The standard InChI is InChI=1S/C43H76NO8P/c1-3-5-7-9-11-13-15-17-19-20-22-24-26-28-30-32-34-36-43(46)52-41(40-51-53(47,48)50-38-37-44)39-49-42(45)35-33-31-29-27-25-23-21-18-16-14-12-10-8-6-4-2/h11,13,17-19,21-22,24,28,30,41H,3-10,12,14-16,20,23,25-27,29,31-40,44H2,1-2H3,(H,47,48)/b13-11+,19-17+,21-18+,24-22+,30-28+/t41-/m1/s1. The van der Waals surface area contributed by atoms with Crippen LogP contribution in [0.1, 0.15) is 168 Å². The fourth-order valence-corrected chi connectivity index (χ4v) is 6.03. The van der Waals surface area contributed by atoms with Crippen molar-refractivity contribution in [1.82, 2.24) is 0 Å². The lowest BCUT2D eigenvalue weighted by Gasteiger charge is -2.19.